The summed E-state index contributed by atoms with van der Waals surface area (Å²) in [5, 5.41) is 0. The van der Waals surface area contributed by atoms with Gasteiger partial charge in [-0.15, -0.1) is 0 Å². The average molecular weight is 359 g/mol. The van der Waals surface area contributed by atoms with E-state index in [0.29, 0.717) is 0 Å². The van der Waals surface area contributed by atoms with Crippen molar-refractivity contribution in [2.45, 2.75) is 4.90 Å². The van der Waals surface area contributed by atoms with Crippen molar-refractivity contribution in [1.29, 1.82) is 0 Å². The van der Waals surface area contributed by atoms with Gasteiger partial charge in [0.15, 0.2) is 21.3 Å². The Morgan fingerprint density at radius 2 is 1.62 bits per heavy atom. The van der Waals surface area contributed by atoms with E-state index in [9.17, 15) is 0 Å². The monoisotopic (exact) mass is 358 g/mol. The standard InChI is InChI=1S/C15H12ClS.ClHO2S/c16-17-11-10-13(12-6-2-1-3-7-12)14-8-4-5-9-15(14)17;1-4(2)3/h1-10H,11H2;(H,2,3)/q+1;/p-1. The first kappa shape index (κ1) is 16.6. The molecule has 0 aromatic heterocycles. The van der Waals surface area contributed by atoms with Gasteiger partial charge in [0.05, 0.1) is 0 Å². The Bertz CT molecular complexity index is 656. The summed E-state index contributed by atoms with van der Waals surface area (Å²) in [6.07, 6.45) is 2.26. The lowest BCUT2D eigenvalue weighted by Gasteiger charge is -2.14. The normalized spacial score (nSPS) is 17.9. The Labute approximate surface area is 138 Å². The summed E-state index contributed by atoms with van der Waals surface area (Å²) in [7, 11) is 8.02. The molecule has 2 aromatic rings. The van der Waals surface area contributed by atoms with Crippen molar-refractivity contribution < 1.29 is 8.76 Å². The first-order valence-electron chi connectivity index (χ1n) is 6.07. The summed E-state index contributed by atoms with van der Waals surface area (Å²) >= 11 is 0. The number of hydrogen-bond donors (Lipinski definition) is 0. The number of halogens is 2. The highest BCUT2D eigenvalue weighted by molar-refractivity contribution is 8.18. The highest BCUT2D eigenvalue weighted by Crippen LogP contribution is 2.35. The van der Waals surface area contributed by atoms with Crippen LogP contribution in [0.2, 0.25) is 0 Å². The Morgan fingerprint density at radius 3 is 2.29 bits per heavy atom. The summed E-state index contributed by atoms with van der Waals surface area (Å²) in [5.41, 5.74) is 3.86. The number of fused-ring (bicyclic) bond motifs is 1. The van der Waals surface area contributed by atoms with Crippen molar-refractivity contribution in [3.63, 3.8) is 0 Å². The van der Waals surface area contributed by atoms with Crippen molar-refractivity contribution in [3.05, 3.63) is 71.8 Å². The zero-order chi connectivity index (χ0) is 15.2. The number of benzene rings is 2. The molecule has 0 radical (unpaired) electrons. The quantitative estimate of drug-likeness (QED) is 0.433. The van der Waals surface area contributed by atoms with Gasteiger partial charge in [0.2, 0.25) is 0 Å². The lowest BCUT2D eigenvalue weighted by molar-refractivity contribution is 0.552. The van der Waals surface area contributed by atoms with E-state index in [0.717, 1.165) is 5.75 Å². The first-order valence-corrected chi connectivity index (χ1v) is 10.2. The zero-order valence-corrected chi connectivity index (χ0v) is 14.0. The lowest BCUT2D eigenvalue weighted by atomic mass is 9.97. The van der Waals surface area contributed by atoms with Crippen molar-refractivity contribution in [3.8, 4) is 0 Å². The van der Waals surface area contributed by atoms with E-state index in [1.807, 2.05) is 6.07 Å². The molecule has 1 heterocycles. The molecule has 2 atom stereocenters. The molecule has 1 aliphatic rings. The Morgan fingerprint density at radius 1 is 1.05 bits per heavy atom. The predicted molar refractivity (Wildman–Crippen MR) is 91.1 cm³/mol. The average Bonchev–Trinajstić information content (AvgIpc) is 2.48. The SMILES string of the molecule is Cl[S+]1CC=C(c2ccccc2)c2ccccc21.O=S([O-])Cl. The molecule has 2 aromatic carbocycles. The van der Waals surface area contributed by atoms with Crippen LogP contribution >= 0.6 is 21.4 Å². The Hall–Kier alpha value is -0.780. The topological polar surface area (TPSA) is 40.1 Å². The summed E-state index contributed by atoms with van der Waals surface area (Å²) < 4.78 is 17.5. The molecule has 2 nitrogen and oxygen atoms in total. The molecule has 21 heavy (non-hydrogen) atoms. The van der Waals surface area contributed by atoms with Crippen molar-refractivity contribution in [2.75, 3.05) is 5.75 Å². The van der Waals surface area contributed by atoms with Gasteiger partial charge in [-0.2, -0.15) is 0 Å². The van der Waals surface area contributed by atoms with Gasteiger partial charge in [-0.1, -0.05) is 42.5 Å². The van der Waals surface area contributed by atoms with Crippen molar-refractivity contribution in [1.82, 2.24) is 0 Å². The second-order valence-electron chi connectivity index (χ2n) is 4.17. The Balaban J connectivity index is 0.000000361. The van der Waals surface area contributed by atoms with E-state index in [-0.39, 0.29) is 10.1 Å². The van der Waals surface area contributed by atoms with Crippen LogP contribution < -0.4 is 0 Å². The first-order chi connectivity index (χ1) is 10.1. The molecule has 0 saturated heterocycles. The van der Waals surface area contributed by atoms with Gasteiger partial charge in [-0.05, 0) is 40.0 Å². The second-order valence-corrected chi connectivity index (χ2v) is 7.87. The van der Waals surface area contributed by atoms with Crippen LogP contribution in [0.3, 0.4) is 0 Å². The Kier molecular flexibility index (Phi) is 6.33. The molecule has 0 spiro atoms. The van der Waals surface area contributed by atoms with Crippen LogP contribution in [0, 0.1) is 0 Å². The van der Waals surface area contributed by atoms with E-state index < -0.39 is 10.3 Å². The molecule has 0 N–H and O–H groups in total. The third-order valence-electron chi connectivity index (χ3n) is 2.93. The van der Waals surface area contributed by atoms with Crippen LogP contribution in [0.25, 0.3) is 5.57 Å². The zero-order valence-electron chi connectivity index (χ0n) is 10.9. The molecule has 0 amide bonds. The molecule has 0 aliphatic carbocycles. The van der Waals surface area contributed by atoms with Crippen LogP contribution in [-0.4, -0.2) is 14.5 Å². The smallest absolute Gasteiger partial charge is 0.183 e. The molecular weight excluding hydrogens is 347 g/mol. The van der Waals surface area contributed by atoms with Gasteiger partial charge < -0.3 is 4.55 Å². The van der Waals surface area contributed by atoms with Crippen molar-refractivity contribution in [2.24, 2.45) is 0 Å². The molecule has 0 saturated carbocycles. The predicted octanol–water partition coefficient (Wildman–Crippen LogP) is 4.28. The molecule has 2 unspecified atom stereocenters. The molecule has 3 rings (SSSR count). The van der Waals surface area contributed by atoms with Crippen LogP contribution in [0.5, 0.6) is 0 Å². The van der Waals surface area contributed by atoms with Crippen LogP contribution in [0.1, 0.15) is 11.1 Å². The minimum Gasteiger partial charge on any atom is -0.760 e. The third kappa shape index (κ3) is 4.59. The maximum Gasteiger partial charge on any atom is 0.183 e. The molecule has 110 valence electrons. The van der Waals surface area contributed by atoms with Gasteiger partial charge in [-0.25, -0.2) is 0 Å². The molecular formula is C15H12Cl2O2S2. The molecule has 6 heteroatoms. The van der Waals surface area contributed by atoms with E-state index >= 15 is 0 Å². The summed E-state index contributed by atoms with van der Waals surface area (Å²) in [5.74, 6) is 0.933. The van der Waals surface area contributed by atoms with Gasteiger partial charge >= 0.3 is 0 Å². The highest BCUT2D eigenvalue weighted by atomic mass is 35.7. The highest BCUT2D eigenvalue weighted by Gasteiger charge is 2.29. The maximum atomic E-state index is 8.77. The third-order valence-corrected chi connectivity index (χ3v) is 5.10. The summed E-state index contributed by atoms with van der Waals surface area (Å²) in [6, 6.07) is 19.0. The van der Waals surface area contributed by atoms with E-state index in [1.54, 1.807) is 0 Å². The fraction of sp³-hybridized carbons (Fsp3) is 0.0667. The van der Waals surface area contributed by atoms with E-state index in [4.69, 9.17) is 19.4 Å². The van der Waals surface area contributed by atoms with Gasteiger partial charge in [0.1, 0.15) is 10.1 Å². The minimum absolute atomic E-state index is 0.164. The molecule has 0 fully saturated rings. The molecule has 1 aliphatic heterocycles. The van der Waals surface area contributed by atoms with E-state index in [2.05, 4.69) is 65.3 Å². The van der Waals surface area contributed by atoms with Crippen LogP contribution in [0.4, 0.5) is 0 Å². The van der Waals surface area contributed by atoms with Crippen LogP contribution in [0.15, 0.2) is 65.6 Å². The largest absolute Gasteiger partial charge is 0.760 e. The molecule has 0 bridgehead atoms. The van der Waals surface area contributed by atoms with Gasteiger partial charge in [0.25, 0.3) is 0 Å². The second kappa shape index (κ2) is 8.01. The van der Waals surface area contributed by atoms with E-state index in [1.165, 1.54) is 21.6 Å². The van der Waals surface area contributed by atoms with Crippen molar-refractivity contribution >= 4 is 47.3 Å². The maximum absolute atomic E-state index is 8.77. The van der Waals surface area contributed by atoms with Gasteiger partial charge in [0, 0.05) is 15.9 Å². The fourth-order valence-electron chi connectivity index (χ4n) is 2.13. The van der Waals surface area contributed by atoms with Crippen LogP contribution in [-0.2, 0) is 20.4 Å². The lowest BCUT2D eigenvalue weighted by Crippen LogP contribution is -2.08. The summed E-state index contributed by atoms with van der Waals surface area (Å²) in [4.78, 5) is 1.27. The minimum atomic E-state index is -2.39. The van der Waals surface area contributed by atoms with Gasteiger partial charge in [-0.3, -0.25) is 4.21 Å². The number of hydrogen-bond acceptors (Lipinski definition) is 2. The number of rotatable bonds is 1. The summed E-state index contributed by atoms with van der Waals surface area (Å²) in [6.45, 7) is 0. The fourth-order valence-corrected chi connectivity index (χ4v) is 3.86.